The van der Waals surface area contributed by atoms with Crippen molar-refractivity contribution in [1.82, 2.24) is 0 Å². The van der Waals surface area contributed by atoms with Crippen molar-refractivity contribution in [3.8, 4) is 0 Å². The summed E-state index contributed by atoms with van der Waals surface area (Å²) in [5.74, 6) is -2.11. The molecule has 0 spiro atoms. The number of carboxylic acids is 1. The molecule has 0 aromatic carbocycles. The van der Waals surface area contributed by atoms with Crippen LogP contribution in [0.3, 0.4) is 0 Å². The van der Waals surface area contributed by atoms with Crippen LogP contribution in [0.4, 0.5) is 0 Å². The van der Waals surface area contributed by atoms with Gasteiger partial charge in [0, 0.05) is 12.7 Å². The Labute approximate surface area is 92.7 Å². The Morgan fingerprint density at radius 2 is 2.25 bits per heavy atom. The van der Waals surface area contributed by atoms with E-state index >= 15 is 0 Å². The van der Waals surface area contributed by atoms with E-state index in [9.17, 15) is 13.2 Å². The maximum Gasteiger partial charge on any atom is 0.372 e. The van der Waals surface area contributed by atoms with Crippen LogP contribution in [0.2, 0.25) is 0 Å². The first-order valence-electron chi connectivity index (χ1n) is 4.45. The van der Waals surface area contributed by atoms with Crippen molar-refractivity contribution in [2.24, 2.45) is 0 Å². The molecule has 0 radical (unpaired) electrons. The van der Waals surface area contributed by atoms with Crippen LogP contribution in [0.25, 0.3) is 0 Å². The van der Waals surface area contributed by atoms with Crippen LogP contribution < -0.4 is 0 Å². The van der Waals surface area contributed by atoms with Crippen molar-refractivity contribution < 1.29 is 27.5 Å². The monoisotopic (exact) mass is 248 g/mol. The van der Waals surface area contributed by atoms with Gasteiger partial charge in [0.05, 0.1) is 24.4 Å². The van der Waals surface area contributed by atoms with Crippen LogP contribution in [-0.4, -0.2) is 39.0 Å². The third-order valence-corrected chi connectivity index (χ3v) is 3.45. The molecule has 1 N–H and O–H groups in total. The zero-order valence-corrected chi connectivity index (χ0v) is 9.49. The highest BCUT2D eigenvalue weighted by atomic mass is 32.2. The zero-order chi connectivity index (χ0) is 12.2. The third-order valence-electron chi connectivity index (χ3n) is 1.91. The van der Waals surface area contributed by atoms with Gasteiger partial charge in [-0.3, -0.25) is 0 Å². The Hall–Kier alpha value is -1.34. The second-order valence-corrected chi connectivity index (χ2v) is 5.35. The average Bonchev–Trinajstić information content (AvgIpc) is 2.62. The molecule has 1 rings (SSSR count). The van der Waals surface area contributed by atoms with Crippen molar-refractivity contribution in [3.63, 3.8) is 0 Å². The summed E-state index contributed by atoms with van der Waals surface area (Å²) >= 11 is 0. The lowest BCUT2D eigenvalue weighted by atomic mass is 10.3. The van der Waals surface area contributed by atoms with Crippen LogP contribution in [0.5, 0.6) is 0 Å². The quantitative estimate of drug-likeness (QED) is 0.789. The molecule has 0 saturated heterocycles. The molecule has 16 heavy (non-hydrogen) atoms. The lowest BCUT2D eigenvalue weighted by molar-refractivity contribution is 0.0661. The summed E-state index contributed by atoms with van der Waals surface area (Å²) in [5, 5.41) is 8.71. The van der Waals surface area contributed by atoms with E-state index in [4.69, 9.17) is 5.11 Å². The minimum Gasteiger partial charge on any atom is -0.475 e. The maximum absolute atomic E-state index is 11.5. The highest BCUT2D eigenvalue weighted by Gasteiger charge is 2.20. The minimum absolute atomic E-state index is 0.0859. The van der Waals surface area contributed by atoms with Crippen LogP contribution in [0, 0.1) is 0 Å². The van der Waals surface area contributed by atoms with Crippen molar-refractivity contribution in [3.05, 3.63) is 23.7 Å². The molecular formula is C9H12O6S. The number of rotatable bonds is 6. The highest BCUT2D eigenvalue weighted by Crippen LogP contribution is 2.14. The predicted molar refractivity (Wildman–Crippen MR) is 55.0 cm³/mol. The SMILES string of the molecule is COCCS(=O)(=O)Cc1ccoc1C(=O)O. The normalized spacial score (nSPS) is 11.6. The summed E-state index contributed by atoms with van der Waals surface area (Å²) in [6, 6.07) is 1.34. The van der Waals surface area contributed by atoms with E-state index in [1.165, 1.54) is 13.2 Å². The van der Waals surface area contributed by atoms with Gasteiger partial charge in [-0.15, -0.1) is 0 Å². The Bertz CT molecular complexity index is 458. The van der Waals surface area contributed by atoms with E-state index in [1.54, 1.807) is 0 Å². The summed E-state index contributed by atoms with van der Waals surface area (Å²) in [5.41, 5.74) is 0.156. The topological polar surface area (TPSA) is 93.8 Å². The minimum atomic E-state index is -3.37. The summed E-state index contributed by atoms with van der Waals surface area (Å²) in [6.45, 7) is 0.0859. The number of methoxy groups -OCH3 is 1. The summed E-state index contributed by atoms with van der Waals surface area (Å²) in [4.78, 5) is 10.7. The van der Waals surface area contributed by atoms with E-state index in [0.717, 1.165) is 6.26 Å². The van der Waals surface area contributed by atoms with Crippen molar-refractivity contribution in [2.45, 2.75) is 5.75 Å². The molecule has 0 amide bonds. The van der Waals surface area contributed by atoms with Gasteiger partial charge in [-0.05, 0) is 6.07 Å². The molecule has 0 unspecified atom stereocenters. The van der Waals surface area contributed by atoms with Crippen molar-refractivity contribution in [1.29, 1.82) is 0 Å². The molecule has 0 saturated carbocycles. The highest BCUT2D eigenvalue weighted by molar-refractivity contribution is 7.90. The molecule has 0 aliphatic rings. The second-order valence-electron chi connectivity index (χ2n) is 3.16. The molecule has 1 heterocycles. The third kappa shape index (κ3) is 3.35. The number of ether oxygens (including phenoxy) is 1. The Balaban J connectivity index is 2.80. The molecule has 0 aliphatic carbocycles. The van der Waals surface area contributed by atoms with E-state index in [2.05, 4.69) is 9.15 Å². The Kier molecular flexibility index (Phi) is 4.08. The largest absolute Gasteiger partial charge is 0.475 e. The van der Waals surface area contributed by atoms with Crippen LogP contribution in [0.1, 0.15) is 16.1 Å². The number of hydrogen-bond acceptors (Lipinski definition) is 5. The van der Waals surface area contributed by atoms with Gasteiger partial charge in [0.2, 0.25) is 5.76 Å². The number of aromatic carboxylic acids is 1. The molecule has 0 bridgehead atoms. The first-order chi connectivity index (χ1) is 7.46. The van der Waals surface area contributed by atoms with Crippen LogP contribution >= 0.6 is 0 Å². The first kappa shape index (κ1) is 12.7. The zero-order valence-electron chi connectivity index (χ0n) is 8.67. The van der Waals surface area contributed by atoms with Gasteiger partial charge in [0.1, 0.15) is 0 Å². The second kappa shape index (κ2) is 5.13. The molecular weight excluding hydrogens is 236 g/mol. The number of sulfone groups is 1. The van der Waals surface area contributed by atoms with Gasteiger partial charge >= 0.3 is 5.97 Å². The van der Waals surface area contributed by atoms with E-state index in [0.29, 0.717) is 0 Å². The number of hydrogen-bond donors (Lipinski definition) is 1. The van der Waals surface area contributed by atoms with Gasteiger partial charge in [-0.2, -0.15) is 0 Å². The first-order valence-corrected chi connectivity index (χ1v) is 6.27. The van der Waals surface area contributed by atoms with Crippen molar-refractivity contribution >= 4 is 15.8 Å². The molecule has 1 aromatic heterocycles. The smallest absolute Gasteiger partial charge is 0.372 e. The van der Waals surface area contributed by atoms with Crippen molar-refractivity contribution in [2.75, 3.05) is 19.5 Å². The van der Waals surface area contributed by atoms with Gasteiger partial charge in [0.15, 0.2) is 9.84 Å². The summed E-state index contributed by atoms with van der Waals surface area (Å²) in [7, 11) is -1.97. The fraction of sp³-hybridized carbons (Fsp3) is 0.444. The van der Waals surface area contributed by atoms with Gasteiger partial charge < -0.3 is 14.3 Å². The van der Waals surface area contributed by atoms with E-state index in [-0.39, 0.29) is 29.4 Å². The maximum atomic E-state index is 11.5. The molecule has 6 nitrogen and oxygen atoms in total. The summed E-state index contributed by atoms with van der Waals surface area (Å²) < 4.78 is 32.4. The van der Waals surface area contributed by atoms with E-state index in [1.807, 2.05) is 0 Å². The summed E-state index contributed by atoms with van der Waals surface area (Å²) in [6.07, 6.45) is 1.16. The van der Waals surface area contributed by atoms with Gasteiger partial charge in [-0.1, -0.05) is 0 Å². The molecule has 0 aliphatic heterocycles. The fourth-order valence-electron chi connectivity index (χ4n) is 1.16. The van der Waals surface area contributed by atoms with Crippen LogP contribution in [0.15, 0.2) is 16.7 Å². The molecule has 7 heteroatoms. The Morgan fingerprint density at radius 1 is 1.56 bits per heavy atom. The van der Waals surface area contributed by atoms with Gasteiger partial charge in [0.25, 0.3) is 0 Å². The number of carboxylic acid groups (broad SMARTS) is 1. The van der Waals surface area contributed by atoms with E-state index < -0.39 is 15.8 Å². The lowest BCUT2D eigenvalue weighted by Crippen LogP contribution is -2.14. The lowest BCUT2D eigenvalue weighted by Gasteiger charge is -2.02. The standard InChI is InChI=1S/C9H12O6S/c1-14-4-5-16(12,13)6-7-2-3-15-8(7)9(10)11/h2-3H,4-6H2,1H3,(H,10,11). The van der Waals surface area contributed by atoms with Crippen LogP contribution in [-0.2, 0) is 20.3 Å². The molecule has 0 fully saturated rings. The molecule has 90 valence electrons. The average molecular weight is 248 g/mol. The molecule has 0 atom stereocenters. The fourth-order valence-corrected chi connectivity index (χ4v) is 2.42. The number of carbonyl (C=O) groups is 1. The van der Waals surface area contributed by atoms with Gasteiger partial charge in [-0.25, -0.2) is 13.2 Å². The Morgan fingerprint density at radius 3 is 2.81 bits per heavy atom. The number of furan rings is 1. The molecule has 1 aromatic rings. The predicted octanol–water partition coefficient (Wildman–Crippen LogP) is 0.539.